The third-order valence-electron chi connectivity index (χ3n) is 6.50. The minimum Gasteiger partial charge on any atom is -0.0654 e. The zero-order valence-corrected chi connectivity index (χ0v) is 19.8. The zero-order chi connectivity index (χ0) is 19.8. The van der Waals surface area contributed by atoms with E-state index in [1.54, 1.807) is 0 Å². The van der Waals surface area contributed by atoms with Crippen LogP contribution in [0.1, 0.15) is 168 Å². The van der Waals surface area contributed by atoms with E-state index >= 15 is 0 Å². The minimum absolute atomic E-state index is 0.949. The SMILES string of the molecule is CCCCCCCCCCCCCCCCCCCCCCC[C@H](C)CC. The van der Waals surface area contributed by atoms with Crippen LogP contribution in [-0.4, -0.2) is 0 Å². The Morgan fingerprint density at radius 1 is 0.370 bits per heavy atom. The van der Waals surface area contributed by atoms with Gasteiger partial charge in [0.05, 0.1) is 0 Å². The molecule has 0 unspecified atom stereocenters. The maximum absolute atomic E-state index is 2.40. The van der Waals surface area contributed by atoms with Gasteiger partial charge in [0.25, 0.3) is 0 Å². The molecule has 0 saturated carbocycles. The first-order chi connectivity index (χ1) is 13.3. The van der Waals surface area contributed by atoms with Crippen LogP contribution >= 0.6 is 0 Å². The maximum Gasteiger partial charge on any atom is -0.0445 e. The fourth-order valence-corrected chi connectivity index (χ4v) is 4.13. The fourth-order valence-electron chi connectivity index (χ4n) is 4.13. The van der Waals surface area contributed by atoms with Crippen molar-refractivity contribution in [2.24, 2.45) is 5.92 Å². The Hall–Kier alpha value is 0. The number of hydrogen-bond acceptors (Lipinski definition) is 0. The van der Waals surface area contributed by atoms with Gasteiger partial charge in [0.1, 0.15) is 0 Å². The lowest BCUT2D eigenvalue weighted by Gasteiger charge is -2.07. The molecule has 0 radical (unpaired) electrons. The summed E-state index contributed by atoms with van der Waals surface area (Å²) in [5.74, 6) is 0.949. The van der Waals surface area contributed by atoms with E-state index in [0.717, 1.165) is 5.92 Å². The van der Waals surface area contributed by atoms with Crippen LogP contribution in [-0.2, 0) is 0 Å². The summed E-state index contributed by atoms with van der Waals surface area (Å²) in [7, 11) is 0. The van der Waals surface area contributed by atoms with E-state index in [2.05, 4.69) is 20.8 Å². The van der Waals surface area contributed by atoms with Gasteiger partial charge >= 0.3 is 0 Å². The Morgan fingerprint density at radius 3 is 0.889 bits per heavy atom. The summed E-state index contributed by atoms with van der Waals surface area (Å²) in [6, 6.07) is 0. The maximum atomic E-state index is 2.40. The van der Waals surface area contributed by atoms with E-state index < -0.39 is 0 Å². The molecule has 0 aliphatic rings. The molecule has 27 heavy (non-hydrogen) atoms. The van der Waals surface area contributed by atoms with Crippen LogP contribution in [0.25, 0.3) is 0 Å². The normalized spacial score (nSPS) is 12.6. The number of unbranched alkanes of at least 4 members (excludes halogenated alkanes) is 20. The molecule has 0 aliphatic carbocycles. The predicted octanol–water partition coefficient (Wildman–Crippen LogP) is 10.6. The van der Waals surface area contributed by atoms with Crippen molar-refractivity contribution in [1.82, 2.24) is 0 Å². The molecule has 0 bridgehead atoms. The Bertz CT molecular complexity index is 244. The Morgan fingerprint density at radius 2 is 0.630 bits per heavy atom. The second-order valence-electron chi connectivity index (χ2n) is 9.37. The Balaban J connectivity index is 2.99. The first kappa shape index (κ1) is 27.0. The third kappa shape index (κ3) is 24.0. The van der Waals surface area contributed by atoms with Crippen LogP contribution in [0.2, 0.25) is 0 Å². The Labute approximate surface area is 174 Å². The quantitative estimate of drug-likeness (QED) is 0.155. The van der Waals surface area contributed by atoms with Crippen LogP contribution in [0.4, 0.5) is 0 Å². The molecule has 0 heterocycles. The van der Waals surface area contributed by atoms with Crippen molar-refractivity contribution in [1.29, 1.82) is 0 Å². The molecule has 0 saturated heterocycles. The van der Waals surface area contributed by atoms with Crippen molar-refractivity contribution in [3.8, 4) is 0 Å². The molecule has 0 aromatic heterocycles. The summed E-state index contributed by atoms with van der Waals surface area (Å²) in [5.41, 5.74) is 0. The van der Waals surface area contributed by atoms with Crippen molar-refractivity contribution >= 4 is 0 Å². The summed E-state index contributed by atoms with van der Waals surface area (Å²) in [5, 5.41) is 0. The monoisotopic (exact) mass is 380 g/mol. The zero-order valence-electron chi connectivity index (χ0n) is 19.8. The molecule has 0 aliphatic heterocycles. The highest BCUT2D eigenvalue weighted by atomic mass is 14.0. The largest absolute Gasteiger partial charge is 0.0654 e. The molecule has 0 heteroatoms. The Kier molecular flexibility index (Phi) is 24.0. The second kappa shape index (κ2) is 24.0. The minimum atomic E-state index is 0.949. The van der Waals surface area contributed by atoms with Crippen molar-refractivity contribution in [2.75, 3.05) is 0 Å². The lowest BCUT2D eigenvalue weighted by molar-refractivity contribution is 0.468. The van der Waals surface area contributed by atoms with Crippen LogP contribution in [0.3, 0.4) is 0 Å². The van der Waals surface area contributed by atoms with E-state index in [1.165, 1.54) is 148 Å². The van der Waals surface area contributed by atoms with Crippen LogP contribution in [0.15, 0.2) is 0 Å². The third-order valence-corrected chi connectivity index (χ3v) is 6.50. The molecule has 0 aromatic carbocycles. The van der Waals surface area contributed by atoms with Gasteiger partial charge < -0.3 is 0 Å². The van der Waals surface area contributed by atoms with Gasteiger partial charge in [0.15, 0.2) is 0 Å². The highest BCUT2D eigenvalue weighted by molar-refractivity contribution is 4.53. The lowest BCUT2D eigenvalue weighted by Crippen LogP contribution is -1.91. The number of rotatable bonds is 23. The van der Waals surface area contributed by atoms with Crippen LogP contribution < -0.4 is 0 Å². The van der Waals surface area contributed by atoms with Gasteiger partial charge in [-0.3, -0.25) is 0 Å². The van der Waals surface area contributed by atoms with E-state index in [4.69, 9.17) is 0 Å². The molecule has 0 rings (SSSR count). The summed E-state index contributed by atoms with van der Waals surface area (Å²) >= 11 is 0. The predicted molar refractivity (Wildman–Crippen MR) is 127 cm³/mol. The van der Waals surface area contributed by atoms with Crippen molar-refractivity contribution < 1.29 is 0 Å². The fraction of sp³-hybridized carbons (Fsp3) is 1.00. The first-order valence-corrected chi connectivity index (χ1v) is 13.3. The van der Waals surface area contributed by atoms with Gasteiger partial charge in [0, 0.05) is 0 Å². The van der Waals surface area contributed by atoms with Gasteiger partial charge in [0.2, 0.25) is 0 Å². The van der Waals surface area contributed by atoms with Gasteiger partial charge in [-0.2, -0.15) is 0 Å². The average Bonchev–Trinajstić information content (AvgIpc) is 2.68. The van der Waals surface area contributed by atoms with E-state index in [-0.39, 0.29) is 0 Å². The molecule has 164 valence electrons. The molecule has 0 nitrogen and oxygen atoms in total. The smallest absolute Gasteiger partial charge is 0.0445 e. The van der Waals surface area contributed by atoms with Gasteiger partial charge in [-0.15, -0.1) is 0 Å². The molecule has 0 spiro atoms. The van der Waals surface area contributed by atoms with Gasteiger partial charge in [-0.25, -0.2) is 0 Å². The van der Waals surface area contributed by atoms with E-state index in [0.29, 0.717) is 0 Å². The molecule has 0 fully saturated rings. The van der Waals surface area contributed by atoms with Gasteiger partial charge in [-0.05, 0) is 5.92 Å². The highest BCUT2D eigenvalue weighted by Gasteiger charge is 1.98. The molecular formula is C27H56. The number of hydrogen-bond donors (Lipinski definition) is 0. The standard InChI is InChI=1S/C27H56/c1-4-6-7-8-9-10-11-12-13-14-15-16-17-18-19-20-21-22-23-24-25-26-27(3)5-2/h27H,4-26H2,1-3H3/t27-/m1/s1. The van der Waals surface area contributed by atoms with Crippen LogP contribution in [0, 0.1) is 5.92 Å². The second-order valence-corrected chi connectivity index (χ2v) is 9.37. The summed E-state index contributed by atoms with van der Waals surface area (Å²) in [6.45, 7) is 7.02. The molecular weight excluding hydrogens is 324 g/mol. The molecule has 0 amide bonds. The van der Waals surface area contributed by atoms with Crippen LogP contribution in [0.5, 0.6) is 0 Å². The van der Waals surface area contributed by atoms with Crippen molar-refractivity contribution in [3.63, 3.8) is 0 Å². The van der Waals surface area contributed by atoms with Crippen molar-refractivity contribution in [2.45, 2.75) is 168 Å². The topological polar surface area (TPSA) is 0 Å². The van der Waals surface area contributed by atoms with Gasteiger partial charge in [-0.1, -0.05) is 168 Å². The molecule has 0 aromatic rings. The highest BCUT2D eigenvalue weighted by Crippen LogP contribution is 2.16. The summed E-state index contributed by atoms with van der Waals surface area (Å²) in [4.78, 5) is 0. The summed E-state index contributed by atoms with van der Waals surface area (Å²) in [6.07, 6.45) is 33.9. The molecule has 1 atom stereocenters. The summed E-state index contributed by atoms with van der Waals surface area (Å²) < 4.78 is 0. The first-order valence-electron chi connectivity index (χ1n) is 13.3. The molecule has 0 N–H and O–H groups in total. The van der Waals surface area contributed by atoms with E-state index in [1.807, 2.05) is 0 Å². The lowest BCUT2D eigenvalue weighted by atomic mass is 9.99. The average molecular weight is 381 g/mol. The van der Waals surface area contributed by atoms with E-state index in [9.17, 15) is 0 Å². The van der Waals surface area contributed by atoms with Crippen molar-refractivity contribution in [3.05, 3.63) is 0 Å².